The van der Waals surface area contributed by atoms with Crippen LogP contribution in [0.25, 0.3) is 43.5 Å². The number of esters is 1. The van der Waals surface area contributed by atoms with E-state index in [0.717, 1.165) is 44.2 Å². The minimum Gasteiger partial charge on any atom is -0.493 e. The predicted octanol–water partition coefficient (Wildman–Crippen LogP) is 11.3. The van der Waals surface area contributed by atoms with Gasteiger partial charge in [-0.25, -0.2) is 0 Å². The number of rotatable bonds is 15. The molecule has 318 valence electrons. The van der Waals surface area contributed by atoms with Crippen molar-refractivity contribution in [3.05, 3.63) is 165 Å². The highest BCUT2D eigenvalue weighted by Crippen LogP contribution is 2.32. The van der Waals surface area contributed by atoms with Crippen LogP contribution < -0.4 is 29.8 Å². The summed E-state index contributed by atoms with van der Waals surface area (Å²) >= 11 is 0. The van der Waals surface area contributed by atoms with Gasteiger partial charge in [0.2, 0.25) is 0 Å². The zero-order valence-electron chi connectivity index (χ0n) is 35.4. The first-order valence-corrected chi connectivity index (χ1v) is 20.9. The lowest BCUT2D eigenvalue weighted by atomic mass is 10.1. The van der Waals surface area contributed by atoms with E-state index in [1.54, 1.807) is 18.2 Å². The van der Waals surface area contributed by atoms with Crippen molar-refractivity contribution < 1.29 is 37.7 Å². The van der Waals surface area contributed by atoms with Crippen LogP contribution in [0.5, 0.6) is 23.0 Å². The molecule has 62 heavy (non-hydrogen) atoms. The fraction of sp³-hybridized carbons (Fsp3) is 0.250. The van der Waals surface area contributed by atoms with Crippen LogP contribution in [0, 0.1) is 5.92 Å². The third kappa shape index (κ3) is 10.5. The first kappa shape index (κ1) is 43.2. The van der Waals surface area contributed by atoms with Crippen LogP contribution in [0.15, 0.2) is 146 Å². The summed E-state index contributed by atoms with van der Waals surface area (Å²) in [5, 5.41) is 14.0. The Morgan fingerprint density at radius 1 is 0.613 bits per heavy atom. The summed E-state index contributed by atoms with van der Waals surface area (Å²) in [7, 11) is 0. The standard InChI is InChI=1S/C27H28O5.C25H22O5/c1-18(2)24-16-22(29)27-25(30-13-6-5-12-28)14-19(15-26(27)32-24)17-31-23-11-7-9-20-8-3-4-10-21(20)23;1-16(2)12-24(27)30-23-14-17(13-22-25(23)20(26)10-11-28-22)15-29-21-9-5-7-18-6-3-4-8-19(18)21/h3-4,7-11,14-16,18,28H,5-6,12-13,17H2,1-2H3;3-11,13-14,16H,12,15H2,1-2H3. The summed E-state index contributed by atoms with van der Waals surface area (Å²) in [5.74, 6) is 2.73. The van der Waals surface area contributed by atoms with Crippen LogP contribution in [-0.2, 0) is 18.0 Å². The highest BCUT2D eigenvalue weighted by molar-refractivity contribution is 5.90. The number of ether oxygens (including phenoxy) is 4. The number of carbonyl (C=O) groups is 1. The van der Waals surface area contributed by atoms with Crippen LogP contribution in [0.4, 0.5) is 0 Å². The average Bonchev–Trinajstić information content (AvgIpc) is 3.26. The Hall–Kier alpha value is -6.91. The molecule has 10 nitrogen and oxygen atoms in total. The molecule has 8 aromatic rings. The number of aliphatic hydroxyl groups excluding tert-OH is 1. The summed E-state index contributed by atoms with van der Waals surface area (Å²) < 4.78 is 35.2. The van der Waals surface area contributed by atoms with Crippen LogP contribution in [0.2, 0.25) is 0 Å². The summed E-state index contributed by atoms with van der Waals surface area (Å²) in [4.78, 5) is 37.4. The molecule has 0 unspecified atom stereocenters. The minimum absolute atomic E-state index is 0.0941. The van der Waals surface area contributed by atoms with E-state index in [-0.39, 0.29) is 59.4 Å². The molecular weight excluding hydrogens is 785 g/mol. The molecule has 2 heterocycles. The van der Waals surface area contributed by atoms with Gasteiger partial charge in [-0.1, -0.05) is 100 Å². The van der Waals surface area contributed by atoms with Gasteiger partial charge >= 0.3 is 5.97 Å². The number of aliphatic hydroxyl groups is 1. The van der Waals surface area contributed by atoms with Crippen molar-refractivity contribution in [2.75, 3.05) is 13.2 Å². The quantitative estimate of drug-likeness (QED) is 0.0604. The first-order chi connectivity index (χ1) is 30.1. The maximum atomic E-state index is 12.8. The van der Waals surface area contributed by atoms with Crippen molar-refractivity contribution in [1.82, 2.24) is 0 Å². The maximum Gasteiger partial charge on any atom is 0.311 e. The highest BCUT2D eigenvalue weighted by atomic mass is 16.5. The van der Waals surface area contributed by atoms with Crippen LogP contribution in [0.3, 0.4) is 0 Å². The van der Waals surface area contributed by atoms with E-state index in [1.807, 2.05) is 113 Å². The van der Waals surface area contributed by atoms with Crippen LogP contribution in [-0.4, -0.2) is 24.3 Å². The highest BCUT2D eigenvalue weighted by Gasteiger charge is 2.17. The largest absolute Gasteiger partial charge is 0.493 e. The molecule has 0 saturated heterocycles. The van der Waals surface area contributed by atoms with Gasteiger partial charge in [-0.15, -0.1) is 0 Å². The molecule has 0 aliphatic rings. The van der Waals surface area contributed by atoms with E-state index in [0.29, 0.717) is 54.1 Å². The topological polar surface area (TPSA) is 135 Å². The van der Waals surface area contributed by atoms with Crippen molar-refractivity contribution in [2.24, 2.45) is 5.92 Å². The average molecular weight is 835 g/mol. The lowest BCUT2D eigenvalue weighted by Crippen LogP contribution is -2.13. The molecule has 10 heteroatoms. The van der Waals surface area contributed by atoms with E-state index < -0.39 is 0 Å². The number of unbranched alkanes of at least 4 members (excludes halogenated alkanes) is 1. The molecule has 0 aliphatic heterocycles. The molecule has 0 spiro atoms. The molecule has 0 aliphatic carbocycles. The Labute approximate surface area is 359 Å². The molecular formula is C52H50O10. The maximum absolute atomic E-state index is 12.8. The predicted molar refractivity (Wildman–Crippen MR) is 243 cm³/mol. The second kappa shape index (κ2) is 20.1. The normalized spacial score (nSPS) is 11.3. The summed E-state index contributed by atoms with van der Waals surface area (Å²) in [6, 6.07) is 37.9. The van der Waals surface area contributed by atoms with E-state index in [1.165, 1.54) is 12.3 Å². The van der Waals surface area contributed by atoms with Crippen molar-refractivity contribution in [1.29, 1.82) is 0 Å². The van der Waals surface area contributed by atoms with Gasteiger partial charge in [0.05, 0.1) is 12.9 Å². The van der Waals surface area contributed by atoms with Crippen molar-refractivity contribution in [2.45, 2.75) is 66.1 Å². The van der Waals surface area contributed by atoms with Gasteiger partial charge < -0.3 is 32.9 Å². The molecule has 0 atom stereocenters. The van der Waals surface area contributed by atoms with E-state index >= 15 is 0 Å². The molecule has 0 radical (unpaired) electrons. The number of hydrogen-bond acceptors (Lipinski definition) is 10. The van der Waals surface area contributed by atoms with Gasteiger partial charge in [0.1, 0.15) is 63.9 Å². The molecule has 6 aromatic carbocycles. The molecule has 1 N–H and O–H groups in total. The Morgan fingerprint density at radius 2 is 1.19 bits per heavy atom. The zero-order valence-corrected chi connectivity index (χ0v) is 35.4. The summed E-state index contributed by atoms with van der Waals surface area (Å²) in [6.45, 7) is 8.92. The minimum atomic E-state index is -0.387. The Balaban J connectivity index is 0.000000187. The van der Waals surface area contributed by atoms with E-state index in [9.17, 15) is 14.4 Å². The number of benzene rings is 6. The lowest BCUT2D eigenvalue weighted by Gasteiger charge is -2.14. The van der Waals surface area contributed by atoms with E-state index in [2.05, 4.69) is 12.1 Å². The van der Waals surface area contributed by atoms with Crippen molar-refractivity contribution in [3.63, 3.8) is 0 Å². The smallest absolute Gasteiger partial charge is 0.311 e. The van der Waals surface area contributed by atoms with Crippen molar-refractivity contribution >= 4 is 49.5 Å². The van der Waals surface area contributed by atoms with Gasteiger partial charge in [0, 0.05) is 41.9 Å². The fourth-order valence-corrected chi connectivity index (χ4v) is 7.06. The second-order valence-electron chi connectivity index (χ2n) is 15.8. The van der Waals surface area contributed by atoms with Gasteiger partial charge in [-0.3, -0.25) is 14.4 Å². The molecule has 0 saturated carbocycles. The zero-order chi connectivity index (χ0) is 43.6. The first-order valence-electron chi connectivity index (χ1n) is 20.9. The van der Waals surface area contributed by atoms with Gasteiger partial charge in [-0.05, 0) is 77.1 Å². The number of hydrogen-bond donors (Lipinski definition) is 1. The van der Waals surface area contributed by atoms with Crippen LogP contribution in [0.1, 0.15) is 69.8 Å². The summed E-state index contributed by atoms with van der Waals surface area (Å²) in [6.07, 6.45) is 2.94. The molecule has 8 rings (SSSR count). The Bertz CT molecular complexity index is 2930. The van der Waals surface area contributed by atoms with Gasteiger partial charge in [0.25, 0.3) is 0 Å². The SMILES string of the molecule is CC(C)CC(=O)Oc1cc(COc2cccc3ccccc23)cc2occc(=O)c12.CC(C)c1cc(=O)c2c(OCCCCO)cc(COc3cccc4ccccc34)cc2o1. The van der Waals surface area contributed by atoms with E-state index in [4.69, 9.17) is 32.9 Å². The summed E-state index contributed by atoms with van der Waals surface area (Å²) in [5.41, 5.74) is 2.06. The third-order valence-electron chi connectivity index (χ3n) is 10.1. The molecule has 0 fully saturated rings. The molecule has 2 aromatic heterocycles. The lowest BCUT2D eigenvalue weighted by molar-refractivity contribution is -0.135. The Kier molecular flexibility index (Phi) is 14.0. The monoisotopic (exact) mass is 834 g/mol. The van der Waals surface area contributed by atoms with Gasteiger partial charge in [-0.2, -0.15) is 0 Å². The second-order valence-corrected chi connectivity index (χ2v) is 15.8. The molecule has 0 amide bonds. The van der Waals surface area contributed by atoms with Crippen LogP contribution >= 0.6 is 0 Å². The van der Waals surface area contributed by atoms with Crippen molar-refractivity contribution in [3.8, 4) is 23.0 Å². The number of carbonyl (C=O) groups excluding carboxylic acids is 1. The Morgan fingerprint density at radius 3 is 1.81 bits per heavy atom. The number of fused-ring (bicyclic) bond motifs is 4. The molecule has 0 bridgehead atoms. The van der Waals surface area contributed by atoms with Gasteiger partial charge in [0.15, 0.2) is 10.9 Å². The third-order valence-corrected chi connectivity index (χ3v) is 10.1. The fourth-order valence-electron chi connectivity index (χ4n) is 7.06.